The Morgan fingerprint density at radius 1 is 0.967 bits per heavy atom. The Morgan fingerprint density at radius 3 is 2.20 bits per heavy atom. The first-order valence-electron chi connectivity index (χ1n) is 8.88. The van der Waals surface area contributed by atoms with Crippen molar-refractivity contribution < 1.29 is 23.9 Å². The highest BCUT2D eigenvalue weighted by molar-refractivity contribution is 5.98. The number of carbonyl (C=O) groups is 1. The summed E-state index contributed by atoms with van der Waals surface area (Å²) < 4.78 is 16.1. The maximum absolute atomic E-state index is 11.7. The van der Waals surface area contributed by atoms with Crippen LogP contribution in [0, 0.1) is 17.0 Å². The average Bonchev–Trinajstić information content (AvgIpc) is 2.72. The fraction of sp³-hybridized carbons (Fsp3) is 0.190. The Balaban J connectivity index is 2.18. The molecule has 0 amide bonds. The van der Waals surface area contributed by atoms with E-state index >= 15 is 0 Å². The second kappa shape index (κ2) is 8.56. The summed E-state index contributed by atoms with van der Waals surface area (Å²) in [6, 6.07) is 11.7. The minimum absolute atomic E-state index is 0.0845. The summed E-state index contributed by atoms with van der Waals surface area (Å²) >= 11 is 0. The zero-order valence-corrected chi connectivity index (χ0v) is 16.8. The quantitative estimate of drug-likeness (QED) is 0.177. The van der Waals surface area contributed by atoms with E-state index in [4.69, 9.17) is 14.2 Å². The molecule has 0 saturated heterocycles. The molecular formula is C21H19N3O6. The first kappa shape index (κ1) is 20.7. The van der Waals surface area contributed by atoms with Gasteiger partial charge in [0.05, 0.1) is 25.2 Å². The van der Waals surface area contributed by atoms with Crippen molar-refractivity contribution >= 4 is 33.8 Å². The van der Waals surface area contributed by atoms with E-state index in [9.17, 15) is 14.9 Å². The molecular weight excluding hydrogens is 390 g/mol. The van der Waals surface area contributed by atoms with Gasteiger partial charge in [0.2, 0.25) is 0 Å². The van der Waals surface area contributed by atoms with Crippen LogP contribution >= 0.6 is 0 Å². The standard InChI is InChI=1S/C21H19N3O6/c1-12-9-16(20(29-4)11-18(12)24(26)27)22-23-17-10-19(28-3)14-7-5-6-8-15(14)21(17)30-13(2)25/h5-11H,1-4H3. The molecule has 0 aromatic heterocycles. The van der Waals surface area contributed by atoms with Gasteiger partial charge < -0.3 is 14.2 Å². The van der Waals surface area contributed by atoms with Crippen molar-refractivity contribution in [3.63, 3.8) is 0 Å². The van der Waals surface area contributed by atoms with Crippen LogP contribution in [0.4, 0.5) is 17.1 Å². The molecule has 9 heteroatoms. The molecule has 30 heavy (non-hydrogen) atoms. The third-order valence-corrected chi connectivity index (χ3v) is 4.36. The predicted molar refractivity (Wildman–Crippen MR) is 110 cm³/mol. The lowest BCUT2D eigenvalue weighted by Gasteiger charge is -2.12. The second-order valence-corrected chi connectivity index (χ2v) is 6.33. The fourth-order valence-electron chi connectivity index (χ4n) is 3.00. The Morgan fingerprint density at radius 2 is 1.60 bits per heavy atom. The van der Waals surface area contributed by atoms with Crippen LogP contribution in [-0.4, -0.2) is 25.1 Å². The number of nitro benzene ring substituents is 1. The topological polar surface area (TPSA) is 113 Å². The number of methoxy groups -OCH3 is 2. The summed E-state index contributed by atoms with van der Waals surface area (Å²) in [5, 5.41) is 21.0. The number of nitrogens with zero attached hydrogens (tertiary/aromatic N) is 3. The van der Waals surface area contributed by atoms with Crippen LogP contribution in [0.3, 0.4) is 0 Å². The van der Waals surface area contributed by atoms with Crippen LogP contribution in [0.5, 0.6) is 17.2 Å². The molecule has 0 spiro atoms. The van der Waals surface area contributed by atoms with Gasteiger partial charge in [0, 0.05) is 29.3 Å². The molecule has 0 N–H and O–H groups in total. The van der Waals surface area contributed by atoms with E-state index in [1.807, 2.05) is 12.1 Å². The summed E-state index contributed by atoms with van der Waals surface area (Å²) in [6.07, 6.45) is 0. The minimum atomic E-state index is -0.509. The SMILES string of the molecule is COc1cc([N+](=O)[O-])c(C)cc1N=Nc1cc(OC)c2ccccc2c1OC(C)=O. The van der Waals surface area contributed by atoms with E-state index in [1.165, 1.54) is 33.3 Å². The summed E-state index contributed by atoms with van der Waals surface area (Å²) in [4.78, 5) is 22.3. The lowest BCUT2D eigenvalue weighted by atomic mass is 10.1. The Hall–Kier alpha value is -4.01. The number of benzene rings is 3. The largest absolute Gasteiger partial charge is 0.496 e. The summed E-state index contributed by atoms with van der Waals surface area (Å²) in [6.45, 7) is 2.89. The zero-order valence-electron chi connectivity index (χ0n) is 16.8. The maximum Gasteiger partial charge on any atom is 0.308 e. The molecule has 0 unspecified atom stereocenters. The number of hydrogen-bond acceptors (Lipinski definition) is 8. The van der Waals surface area contributed by atoms with Crippen molar-refractivity contribution in [1.82, 2.24) is 0 Å². The van der Waals surface area contributed by atoms with Gasteiger partial charge in [-0.05, 0) is 13.0 Å². The van der Waals surface area contributed by atoms with E-state index in [0.29, 0.717) is 22.4 Å². The Kier molecular flexibility index (Phi) is 5.91. The molecule has 3 aromatic carbocycles. The highest BCUT2D eigenvalue weighted by atomic mass is 16.6. The molecule has 0 saturated carbocycles. The first-order valence-corrected chi connectivity index (χ1v) is 8.88. The smallest absolute Gasteiger partial charge is 0.308 e. The van der Waals surface area contributed by atoms with Crippen LogP contribution in [-0.2, 0) is 4.79 Å². The number of aryl methyl sites for hydroxylation is 1. The molecule has 3 aromatic rings. The number of fused-ring (bicyclic) bond motifs is 1. The fourth-order valence-corrected chi connectivity index (χ4v) is 3.00. The van der Waals surface area contributed by atoms with Gasteiger partial charge in [0.1, 0.15) is 17.1 Å². The molecule has 0 atom stereocenters. The number of esters is 1. The minimum Gasteiger partial charge on any atom is -0.496 e. The number of ether oxygens (including phenoxy) is 3. The number of hydrogen-bond donors (Lipinski definition) is 0. The first-order chi connectivity index (χ1) is 14.3. The van der Waals surface area contributed by atoms with Crippen LogP contribution in [0.1, 0.15) is 12.5 Å². The van der Waals surface area contributed by atoms with Gasteiger partial charge in [-0.3, -0.25) is 14.9 Å². The molecule has 0 aliphatic heterocycles. The molecule has 0 radical (unpaired) electrons. The van der Waals surface area contributed by atoms with Gasteiger partial charge in [-0.2, -0.15) is 0 Å². The van der Waals surface area contributed by atoms with Crippen molar-refractivity contribution in [2.45, 2.75) is 13.8 Å². The third-order valence-electron chi connectivity index (χ3n) is 4.36. The molecule has 9 nitrogen and oxygen atoms in total. The summed E-state index contributed by atoms with van der Waals surface area (Å²) in [5.41, 5.74) is 0.880. The van der Waals surface area contributed by atoms with Crippen molar-refractivity contribution in [3.05, 3.63) is 58.1 Å². The highest BCUT2D eigenvalue weighted by Gasteiger charge is 2.18. The van der Waals surface area contributed by atoms with Crippen molar-refractivity contribution in [2.24, 2.45) is 10.2 Å². The van der Waals surface area contributed by atoms with E-state index in [2.05, 4.69) is 10.2 Å². The molecule has 0 heterocycles. The molecule has 0 fully saturated rings. The van der Waals surface area contributed by atoms with Crippen LogP contribution in [0.25, 0.3) is 10.8 Å². The summed E-state index contributed by atoms with van der Waals surface area (Å²) in [7, 11) is 2.91. The van der Waals surface area contributed by atoms with Gasteiger partial charge in [-0.15, -0.1) is 10.2 Å². The monoisotopic (exact) mass is 409 g/mol. The normalized spacial score (nSPS) is 10.9. The summed E-state index contributed by atoms with van der Waals surface area (Å²) in [5.74, 6) is 0.450. The van der Waals surface area contributed by atoms with Gasteiger partial charge in [0.15, 0.2) is 11.5 Å². The lowest BCUT2D eigenvalue weighted by molar-refractivity contribution is -0.385. The maximum atomic E-state index is 11.7. The third kappa shape index (κ3) is 4.04. The molecule has 3 rings (SSSR count). The van der Waals surface area contributed by atoms with Crippen molar-refractivity contribution in [2.75, 3.05) is 14.2 Å². The van der Waals surface area contributed by atoms with Gasteiger partial charge in [0.25, 0.3) is 5.69 Å². The van der Waals surface area contributed by atoms with Crippen molar-refractivity contribution in [1.29, 1.82) is 0 Å². The van der Waals surface area contributed by atoms with E-state index in [-0.39, 0.29) is 22.9 Å². The van der Waals surface area contributed by atoms with Crippen LogP contribution in [0.2, 0.25) is 0 Å². The van der Waals surface area contributed by atoms with E-state index in [0.717, 1.165) is 5.39 Å². The van der Waals surface area contributed by atoms with Crippen molar-refractivity contribution in [3.8, 4) is 17.2 Å². The van der Waals surface area contributed by atoms with E-state index in [1.54, 1.807) is 25.1 Å². The lowest BCUT2D eigenvalue weighted by Crippen LogP contribution is -2.02. The predicted octanol–water partition coefficient (Wildman–Crippen LogP) is 5.41. The van der Waals surface area contributed by atoms with Gasteiger partial charge in [-0.1, -0.05) is 24.3 Å². The van der Waals surface area contributed by atoms with E-state index < -0.39 is 10.9 Å². The molecule has 0 aliphatic rings. The Labute approximate surface area is 172 Å². The highest BCUT2D eigenvalue weighted by Crippen LogP contribution is 2.43. The number of nitro groups is 1. The average molecular weight is 409 g/mol. The van der Waals surface area contributed by atoms with Gasteiger partial charge in [-0.25, -0.2) is 0 Å². The van der Waals surface area contributed by atoms with Crippen LogP contribution < -0.4 is 14.2 Å². The zero-order chi connectivity index (χ0) is 21.8. The molecule has 0 bridgehead atoms. The second-order valence-electron chi connectivity index (χ2n) is 6.33. The van der Waals surface area contributed by atoms with Gasteiger partial charge >= 0.3 is 5.97 Å². The van der Waals surface area contributed by atoms with Crippen LogP contribution in [0.15, 0.2) is 52.7 Å². The molecule has 154 valence electrons. The number of carbonyl (C=O) groups excluding carboxylic acids is 1. The molecule has 0 aliphatic carbocycles. The number of azo groups is 1. The number of rotatable bonds is 6. The Bertz CT molecular complexity index is 1170.